The molecule has 162 valence electrons. The van der Waals surface area contributed by atoms with Gasteiger partial charge in [-0.15, -0.1) is 5.10 Å². The predicted molar refractivity (Wildman–Crippen MR) is 106 cm³/mol. The van der Waals surface area contributed by atoms with Crippen molar-refractivity contribution in [3.63, 3.8) is 0 Å². The molecule has 0 atom stereocenters. The van der Waals surface area contributed by atoms with Gasteiger partial charge in [-0.3, -0.25) is 14.3 Å². The van der Waals surface area contributed by atoms with Crippen LogP contribution in [0.3, 0.4) is 0 Å². The number of likely N-dealkylation sites (tertiary alicyclic amines) is 1. The Kier molecular flexibility index (Phi) is 7.90. The van der Waals surface area contributed by atoms with E-state index in [1.165, 1.54) is 32.4 Å². The quantitative estimate of drug-likeness (QED) is 0.175. The summed E-state index contributed by atoms with van der Waals surface area (Å²) in [6.45, 7) is 4.30. The summed E-state index contributed by atoms with van der Waals surface area (Å²) in [5.41, 5.74) is 0.582. The van der Waals surface area contributed by atoms with Gasteiger partial charge in [0.15, 0.2) is 0 Å². The van der Waals surface area contributed by atoms with Crippen molar-refractivity contribution in [1.82, 2.24) is 9.61 Å². The van der Waals surface area contributed by atoms with Crippen molar-refractivity contribution >= 4 is 27.4 Å². The van der Waals surface area contributed by atoms with E-state index >= 15 is 0 Å². The molecule has 3 rings (SSSR count). The fraction of sp³-hybridized carbons (Fsp3) is 0.588. The molecule has 11 nitrogen and oxygen atoms in total. The van der Waals surface area contributed by atoms with Gasteiger partial charge in [0, 0.05) is 19.2 Å². The highest BCUT2D eigenvalue weighted by Gasteiger charge is 2.25. The van der Waals surface area contributed by atoms with Gasteiger partial charge < -0.3 is 14.4 Å². The van der Waals surface area contributed by atoms with Crippen LogP contribution in [0.1, 0.15) is 25.7 Å². The molecular formula is C17H27N5O6S. The number of aromatic nitrogens is 2. The van der Waals surface area contributed by atoms with Crippen LogP contribution in [0.15, 0.2) is 24.4 Å². The maximum atomic E-state index is 11.3. The van der Waals surface area contributed by atoms with E-state index in [9.17, 15) is 23.1 Å². The number of anilines is 1. The zero-order chi connectivity index (χ0) is 21.5. The molecule has 1 aliphatic heterocycles. The first-order valence-electron chi connectivity index (χ1n) is 9.36. The second-order valence-corrected chi connectivity index (χ2v) is 8.34. The summed E-state index contributed by atoms with van der Waals surface area (Å²) in [5, 5.41) is 18.8. The molecule has 0 radical (unpaired) electrons. The number of rotatable bonds is 7. The van der Waals surface area contributed by atoms with Crippen molar-refractivity contribution in [2.24, 2.45) is 0 Å². The minimum atomic E-state index is -4.41. The Bertz CT molecular complexity index is 924. The van der Waals surface area contributed by atoms with Gasteiger partial charge in [0.1, 0.15) is 5.52 Å². The minimum absolute atomic E-state index is 0.0592. The standard InChI is InChI=1S/C16H24N5O2.CH4O4S/c1-21(11-5-2-6-12-21)13-7-9-17-16-15(20(22)23)14-8-3-4-10-19(14)18-16;1-5-6(2,3)4/h3-4,8,10H,2,5-7,9,11-13H2,1H3,(H,17,18);1H3,(H,2,3,4)/q+1;/p-1. The summed E-state index contributed by atoms with van der Waals surface area (Å²) in [6.07, 6.45) is 6.68. The van der Waals surface area contributed by atoms with Gasteiger partial charge >= 0.3 is 5.69 Å². The molecule has 0 aromatic carbocycles. The van der Waals surface area contributed by atoms with Gasteiger partial charge in [-0.2, -0.15) is 0 Å². The topological polar surface area (TPSA) is 139 Å². The van der Waals surface area contributed by atoms with Gasteiger partial charge in [-0.25, -0.2) is 12.9 Å². The van der Waals surface area contributed by atoms with E-state index in [1.54, 1.807) is 22.8 Å². The van der Waals surface area contributed by atoms with Crippen molar-refractivity contribution in [2.45, 2.75) is 25.7 Å². The predicted octanol–water partition coefficient (Wildman–Crippen LogP) is 1.77. The lowest BCUT2D eigenvalue weighted by molar-refractivity contribution is -0.914. The summed E-state index contributed by atoms with van der Waals surface area (Å²) in [5.74, 6) is 0.363. The first-order chi connectivity index (χ1) is 13.7. The third-order valence-corrected chi connectivity index (χ3v) is 5.37. The molecule has 3 heterocycles. The van der Waals surface area contributed by atoms with Crippen LogP contribution in [-0.4, -0.2) is 72.3 Å². The van der Waals surface area contributed by atoms with Crippen LogP contribution in [0.25, 0.3) is 5.52 Å². The molecule has 29 heavy (non-hydrogen) atoms. The van der Waals surface area contributed by atoms with Gasteiger partial charge in [-0.05, 0) is 31.4 Å². The van der Waals surface area contributed by atoms with Crippen LogP contribution >= 0.6 is 0 Å². The number of nitrogens with one attached hydrogen (secondary N) is 1. The molecule has 1 aliphatic rings. The Morgan fingerprint density at radius 2 is 1.97 bits per heavy atom. The molecule has 0 amide bonds. The number of pyridine rings is 1. The normalized spacial score (nSPS) is 16.1. The van der Waals surface area contributed by atoms with Crippen LogP contribution < -0.4 is 5.32 Å². The molecule has 1 N–H and O–H groups in total. The molecule has 1 fully saturated rings. The molecule has 0 spiro atoms. The molecular weight excluding hydrogens is 402 g/mol. The first-order valence-corrected chi connectivity index (χ1v) is 10.7. The van der Waals surface area contributed by atoms with E-state index in [1.807, 2.05) is 6.07 Å². The summed E-state index contributed by atoms with van der Waals surface area (Å²) in [6, 6.07) is 5.32. The minimum Gasteiger partial charge on any atom is -0.726 e. The van der Waals surface area contributed by atoms with Crippen molar-refractivity contribution in [3.05, 3.63) is 34.5 Å². The van der Waals surface area contributed by atoms with Gasteiger partial charge in [0.05, 0.1) is 38.7 Å². The molecule has 2 aromatic heterocycles. The van der Waals surface area contributed by atoms with Crippen LogP contribution in [0.5, 0.6) is 0 Å². The number of fused-ring (bicyclic) bond motifs is 1. The lowest BCUT2D eigenvalue weighted by atomic mass is 10.1. The second kappa shape index (κ2) is 9.96. The smallest absolute Gasteiger partial charge is 0.338 e. The zero-order valence-electron chi connectivity index (χ0n) is 16.6. The summed E-state index contributed by atoms with van der Waals surface area (Å²) in [4.78, 5) is 11.0. The summed E-state index contributed by atoms with van der Waals surface area (Å²) >= 11 is 0. The van der Waals surface area contributed by atoms with E-state index in [0.29, 0.717) is 17.9 Å². The van der Waals surface area contributed by atoms with Crippen LogP contribution in [0, 0.1) is 10.1 Å². The average Bonchev–Trinajstić information content (AvgIpc) is 3.04. The number of hydrogen-bond donors (Lipinski definition) is 1. The van der Waals surface area contributed by atoms with Crippen molar-refractivity contribution in [3.8, 4) is 0 Å². The average molecular weight is 429 g/mol. The Labute approximate surface area is 170 Å². The zero-order valence-corrected chi connectivity index (χ0v) is 17.4. The number of nitrogens with zero attached hydrogens (tertiary/aromatic N) is 4. The summed E-state index contributed by atoms with van der Waals surface area (Å²) in [7, 11) is -1.29. The fourth-order valence-corrected chi connectivity index (χ4v) is 3.45. The largest absolute Gasteiger partial charge is 0.726 e. The first kappa shape index (κ1) is 23.0. The lowest BCUT2D eigenvalue weighted by Gasteiger charge is -2.37. The summed E-state index contributed by atoms with van der Waals surface area (Å²) < 4.78 is 33.7. The van der Waals surface area contributed by atoms with E-state index in [4.69, 9.17) is 0 Å². The van der Waals surface area contributed by atoms with Crippen LogP contribution in [0.2, 0.25) is 0 Å². The number of piperidine rings is 1. The van der Waals surface area contributed by atoms with Crippen LogP contribution in [0.4, 0.5) is 11.5 Å². The van der Waals surface area contributed by atoms with Gasteiger partial charge in [0.25, 0.3) is 0 Å². The number of nitro groups is 1. The molecule has 0 unspecified atom stereocenters. The molecule has 0 bridgehead atoms. The highest BCUT2D eigenvalue weighted by atomic mass is 32.3. The number of quaternary nitrogens is 1. The Hall–Kier alpha value is -2.28. The monoisotopic (exact) mass is 429 g/mol. The molecule has 0 aliphatic carbocycles. The lowest BCUT2D eigenvalue weighted by Crippen LogP contribution is -2.48. The molecule has 2 aromatic rings. The molecule has 12 heteroatoms. The third kappa shape index (κ3) is 6.92. The van der Waals surface area contributed by atoms with Crippen molar-refractivity contribution in [2.75, 3.05) is 45.7 Å². The maximum absolute atomic E-state index is 11.3. The van der Waals surface area contributed by atoms with Crippen molar-refractivity contribution < 1.29 is 26.6 Å². The highest BCUT2D eigenvalue weighted by molar-refractivity contribution is 7.80. The van der Waals surface area contributed by atoms with Crippen molar-refractivity contribution in [1.29, 1.82) is 0 Å². The highest BCUT2D eigenvalue weighted by Crippen LogP contribution is 2.28. The van der Waals surface area contributed by atoms with E-state index < -0.39 is 10.4 Å². The fourth-order valence-electron chi connectivity index (χ4n) is 3.45. The Morgan fingerprint density at radius 3 is 2.55 bits per heavy atom. The third-order valence-electron chi connectivity index (χ3n) is 4.96. The van der Waals surface area contributed by atoms with E-state index in [-0.39, 0.29) is 10.6 Å². The Morgan fingerprint density at radius 1 is 1.31 bits per heavy atom. The Balaban J connectivity index is 0.000000438. The van der Waals surface area contributed by atoms with E-state index in [0.717, 1.165) is 24.6 Å². The molecule has 1 saturated heterocycles. The van der Waals surface area contributed by atoms with Gasteiger partial charge in [-0.1, -0.05) is 6.07 Å². The number of hydrogen-bond acceptors (Lipinski definition) is 8. The van der Waals surface area contributed by atoms with E-state index in [2.05, 4.69) is 21.6 Å². The second-order valence-electron chi connectivity index (χ2n) is 7.19. The maximum Gasteiger partial charge on any atom is 0.338 e. The van der Waals surface area contributed by atoms with Crippen LogP contribution in [-0.2, 0) is 14.6 Å². The van der Waals surface area contributed by atoms with Gasteiger partial charge in [0.2, 0.25) is 16.2 Å². The SMILES string of the molecule is COS(=O)(=O)[O-].C[N+]1(CCCNc2nn3ccccc3c2[N+](=O)[O-])CCCCC1. The molecule has 0 saturated carbocycles.